The van der Waals surface area contributed by atoms with Crippen LogP contribution in [0.25, 0.3) is 0 Å². The minimum absolute atomic E-state index is 0.0929. The summed E-state index contributed by atoms with van der Waals surface area (Å²) in [6.07, 6.45) is 3.60. The summed E-state index contributed by atoms with van der Waals surface area (Å²) in [6.45, 7) is 1.51. The molecule has 0 bridgehead atoms. The number of benzene rings is 1. The van der Waals surface area contributed by atoms with Crippen molar-refractivity contribution in [3.63, 3.8) is 0 Å². The molecule has 2 aliphatic rings. The standard InChI is InChI=1S/C15H17FN4OS/c16-13-3-1-2-12-11(13)4-5-14(12)22-15-17-18-19-20(15)10-6-8-21-9-7-10/h1-3,10,14H,4-9H2/t14-/m0/s1. The Morgan fingerprint density at radius 2 is 2.09 bits per heavy atom. The number of rotatable bonds is 3. The predicted molar refractivity (Wildman–Crippen MR) is 80.2 cm³/mol. The van der Waals surface area contributed by atoms with E-state index in [1.54, 1.807) is 17.8 Å². The summed E-state index contributed by atoms with van der Waals surface area (Å²) in [4.78, 5) is 0. The van der Waals surface area contributed by atoms with Crippen LogP contribution in [-0.2, 0) is 11.2 Å². The zero-order chi connectivity index (χ0) is 14.9. The Hall–Kier alpha value is -1.47. The molecule has 116 valence electrons. The molecule has 1 aromatic carbocycles. The van der Waals surface area contributed by atoms with E-state index < -0.39 is 0 Å². The fraction of sp³-hybridized carbons (Fsp3) is 0.533. The van der Waals surface area contributed by atoms with Gasteiger partial charge in [0, 0.05) is 18.5 Å². The average molecular weight is 320 g/mol. The van der Waals surface area contributed by atoms with Gasteiger partial charge in [-0.1, -0.05) is 23.9 Å². The normalized spacial score (nSPS) is 22.0. The third-order valence-electron chi connectivity index (χ3n) is 4.41. The first-order valence-corrected chi connectivity index (χ1v) is 8.50. The minimum atomic E-state index is -0.0929. The quantitative estimate of drug-likeness (QED) is 0.870. The molecule has 2 aromatic rings. The average Bonchev–Trinajstić information content (AvgIpc) is 3.17. The van der Waals surface area contributed by atoms with Gasteiger partial charge in [0.15, 0.2) is 0 Å². The summed E-state index contributed by atoms with van der Waals surface area (Å²) < 4.78 is 21.2. The van der Waals surface area contributed by atoms with Gasteiger partial charge in [-0.25, -0.2) is 9.07 Å². The molecule has 0 unspecified atom stereocenters. The smallest absolute Gasteiger partial charge is 0.210 e. The highest BCUT2D eigenvalue weighted by Gasteiger charge is 2.29. The molecule has 0 spiro atoms. The zero-order valence-electron chi connectivity index (χ0n) is 12.1. The van der Waals surface area contributed by atoms with Gasteiger partial charge in [-0.3, -0.25) is 0 Å². The zero-order valence-corrected chi connectivity index (χ0v) is 12.9. The Morgan fingerprint density at radius 3 is 2.95 bits per heavy atom. The second-order valence-corrected chi connectivity index (χ2v) is 6.87. The van der Waals surface area contributed by atoms with Crippen molar-refractivity contribution >= 4 is 11.8 Å². The van der Waals surface area contributed by atoms with Crippen LogP contribution in [0.3, 0.4) is 0 Å². The number of halogens is 1. The van der Waals surface area contributed by atoms with Gasteiger partial charge in [-0.05, 0) is 53.3 Å². The second-order valence-electron chi connectivity index (χ2n) is 5.70. The topological polar surface area (TPSA) is 52.8 Å². The lowest BCUT2D eigenvalue weighted by molar-refractivity contribution is 0.0631. The molecule has 1 fully saturated rings. The van der Waals surface area contributed by atoms with Gasteiger partial charge < -0.3 is 4.74 Å². The number of aromatic nitrogens is 4. The van der Waals surface area contributed by atoms with E-state index in [-0.39, 0.29) is 11.1 Å². The monoisotopic (exact) mass is 320 g/mol. The fourth-order valence-corrected chi connectivity index (χ4v) is 4.46. The Balaban J connectivity index is 1.56. The van der Waals surface area contributed by atoms with E-state index in [2.05, 4.69) is 15.5 Å². The number of thioether (sulfide) groups is 1. The van der Waals surface area contributed by atoms with E-state index >= 15 is 0 Å². The maximum atomic E-state index is 13.8. The number of hydrogen-bond acceptors (Lipinski definition) is 5. The van der Waals surface area contributed by atoms with Gasteiger partial charge in [-0.15, -0.1) is 5.10 Å². The van der Waals surface area contributed by atoms with Gasteiger partial charge in [0.2, 0.25) is 5.16 Å². The van der Waals surface area contributed by atoms with E-state index in [9.17, 15) is 4.39 Å². The molecule has 1 aliphatic heterocycles. The van der Waals surface area contributed by atoms with Crippen LogP contribution in [0.15, 0.2) is 23.4 Å². The predicted octanol–water partition coefficient (Wildman–Crippen LogP) is 2.94. The largest absolute Gasteiger partial charge is 0.381 e. The summed E-state index contributed by atoms with van der Waals surface area (Å²) >= 11 is 1.65. The van der Waals surface area contributed by atoms with Crippen LogP contribution in [0.5, 0.6) is 0 Å². The van der Waals surface area contributed by atoms with Crippen LogP contribution in [0.2, 0.25) is 0 Å². The van der Waals surface area contributed by atoms with Crippen LogP contribution in [0.4, 0.5) is 4.39 Å². The highest BCUT2D eigenvalue weighted by molar-refractivity contribution is 7.99. The van der Waals surface area contributed by atoms with Gasteiger partial charge in [-0.2, -0.15) is 0 Å². The van der Waals surface area contributed by atoms with E-state index in [1.165, 1.54) is 6.07 Å². The summed E-state index contributed by atoms with van der Waals surface area (Å²) in [5.74, 6) is -0.0929. The Morgan fingerprint density at radius 1 is 1.23 bits per heavy atom. The minimum Gasteiger partial charge on any atom is -0.381 e. The van der Waals surface area contributed by atoms with Crippen molar-refractivity contribution in [2.24, 2.45) is 0 Å². The number of ether oxygens (including phenoxy) is 1. The lowest BCUT2D eigenvalue weighted by Gasteiger charge is -2.23. The molecule has 0 saturated carbocycles. The van der Waals surface area contributed by atoms with Gasteiger partial charge >= 0.3 is 0 Å². The first-order chi connectivity index (χ1) is 10.8. The first kappa shape index (κ1) is 14.1. The van der Waals surface area contributed by atoms with Crippen LogP contribution in [0, 0.1) is 5.82 Å². The number of fused-ring (bicyclic) bond motifs is 1. The highest BCUT2D eigenvalue weighted by Crippen LogP contribution is 2.45. The molecule has 0 radical (unpaired) electrons. The van der Waals surface area contributed by atoms with E-state index in [1.807, 2.05) is 10.7 Å². The molecule has 22 heavy (non-hydrogen) atoms. The lowest BCUT2D eigenvalue weighted by atomic mass is 10.1. The molecule has 1 aliphatic carbocycles. The van der Waals surface area contributed by atoms with Crippen molar-refractivity contribution < 1.29 is 9.13 Å². The van der Waals surface area contributed by atoms with Crippen molar-refractivity contribution in [2.45, 2.75) is 42.1 Å². The molecule has 0 amide bonds. The maximum absolute atomic E-state index is 13.8. The first-order valence-electron chi connectivity index (χ1n) is 7.62. The van der Waals surface area contributed by atoms with Crippen molar-refractivity contribution in [2.75, 3.05) is 13.2 Å². The molecule has 5 nitrogen and oxygen atoms in total. The molecule has 0 N–H and O–H groups in total. The number of tetrazole rings is 1. The van der Waals surface area contributed by atoms with Crippen LogP contribution in [-0.4, -0.2) is 33.4 Å². The summed E-state index contributed by atoms with van der Waals surface area (Å²) in [7, 11) is 0. The van der Waals surface area contributed by atoms with Crippen molar-refractivity contribution in [3.05, 3.63) is 35.1 Å². The lowest BCUT2D eigenvalue weighted by Crippen LogP contribution is -2.21. The van der Waals surface area contributed by atoms with Crippen LogP contribution < -0.4 is 0 Å². The Bertz CT molecular complexity index is 671. The molecular formula is C15H17FN4OS. The van der Waals surface area contributed by atoms with Crippen molar-refractivity contribution in [3.8, 4) is 0 Å². The van der Waals surface area contributed by atoms with Gasteiger partial charge in [0.1, 0.15) is 5.82 Å². The Kier molecular flexibility index (Phi) is 3.83. The Labute approximate surface area is 132 Å². The maximum Gasteiger partial charge on any atom is 0.210 e. The molecule has 1 atom stereocenters. The summed E-state index contributed by atoms with van der Waals surface area (Å²) in [5, 5.41) is 13.2. The molecule has 4 rings (SSSR count). The summed E-state index contributed by atoms with van der Waals surface area (Å²) in [5.41, 5.74) is 1.94. The van der Waals surface area contributed by atoms with E-state index in [4.69, 9.17) is 4.74 Å². The molecular weight excluding hydrogens is 303 g/mol. The molecule has 7 heteroatoms. The van der Waals surface area contributed by atoms with Crippen molar-refractivity contribution in [1.29, 1.82) is 0 Å². The second kappa shape index (κ2) is 5.96. The molecule has 1 saturated heterocycles. The highest BCUT2D eigenvalue weighted by atomic mass is 32.2. The van der Waals surface area contributed by atoms with Crippen LogP contribution >= 0.6 is 11.8 Å². The molecule has 2 heterocycles. The summed E-state index contributed by atoms with van der Waals surface area (Å²) in [6, 6.07) is 5.65. The SMILES string of the molecule is Fc1cccc2c1CC[C@@H]2Sc1nnnn1C1CCOCC1. The van der Waals surface area contributed by atoms with Crippen molar-refractivity contribution in [1.82, 2.24) is 20.2 Å². The number of hydrogen-bond donors (Lipinski definition) is 0. The van der Waals surface area contributed by atoms with E-state index in [0.717, 1.165) is 55.2 Å². The third-order valence-corrected chi connectivity index (χ3v) is 5.66. The van der Waals surface area contributed by atoms with Crippen LogP contribution in [0.1, 0.15) is 41.7 Å². The van der Waals surface area contributed by atoms with Gasteiger partial charge in [0.25, 0.3) is 0 Å². The fourth-order valence-electron chi connectivity index (χ4n) is 3.24. The number of nitrogens with zero attached hydrogens (tertiary/aromatic N) is 4. The third kappa shape index (κ3) is 2.52. The van der Waals surface area contributed by atoms with E-state index in [0.29, 0.717) is 6.04 Å². The molecule has 1 aromatic heterocycles. The van der Waals surface area contributed by atoms with Gasteiger partial charge in [0.05, 0.1) is 6.04 Å².